The average molecular weight is 324 g/mol. The maximum atomic E-state index is 11.6. The smallest absolute Gasteiger partial charge is 0.378 e. The zero-order valence-electron chi connectivity index (χ0n) is 11.0. The molecular formula is C13H14BrN3O2. The summed E-state index contributed by atoms with van der Waals surface area (Å²) in [6.07, 6.45) is 0. The summed E-state index contributed by atoms with van der Waals surface area (Å²) >= 11 is 3.43. The molecule has 0 amide bonds. The number of rotatable bonds is 3. The highest BCUT2D eigenvalue weighted by atomic mass is 79.9. The topological polar surface area (TPSA) is 57.0 Å². The first-order valence-electron chi connectivity index (χ1n) is 5.87. The number of carbonyl (C=O) groups is 1. The number of aromatic nitrogens is 3. The van der Waals surface area contributed by atoms with Crippen LogP contribution in [0.5, 0.6) is 0 Å². The molecule has 0 aliphatic heterocycles. The third-order valence-corrected chi connectivity index (χ3v) is 3.15. The van der Waals surface area contributed by atoms with Gasteiger partial charge in [-0.1, -0.05) is 22.0 Å². The Hall–Kier alpha value is -1.69. The maximum Gasteiger partial charge on any atom is 0.378 e. The molecule has 1 aromatic heterocycles. The maximum absolute atomic E-state index is 11.6. The van der Waals surface area contributed by atoms with E-state index in [1.807, 2.05) is 25.1 Å². The summed E-state index contributed by atoms with van der Waals surface area (Å²) in [5.41, 5.74) is 1.99. The molecule has 2 rings (SSSR count). The van der Waals surface area contributed by atoms with Gasteiger partial charge >= 0.3 is 5.97 Å². The van der Waals surface area contributed by atoms with Gasteiger partial charge in [0.15, 0.2) is 5.82 Å². The van der Waals surface area contributed by atoms with Gasteiger partial charge in [0.1, 0.15) is 0 Å². The summed E-state index contributed by atoms with van der Waals surface area (Å²) in [4.78, 5) is 15.9. The van der Waals surface area contributed by atoms with Crippen molar-refractivity contribution in [1.82, 2.24) is 14.8 Å². The van der Waals surface area contributed by atoms with Gasteiger partial charge in [-0.25, -0.2) is 14.5 Å². The molecule has 100 valence electrons. The van der Waals surface area contributed by atoms with Crippen molar-refractivity contribution < 1.29 is 9.53 Å². The number of carbonyl (C=O) groups excluding carboxylic acids is 1. The average Bonchev–Trinajstić information content (AvgIpc) is 2.75. The lowest BCUT2D eigenvalue weighted by Gasteiger charge is -2.04. The summed E-state index contributed by atoms with van der Waals surface area (Å²) in [6, 6.07) is 5.90. The number of hydrogen-bond acceptors (Lipinski definition) is 4. The molecule has 19 heavy (non-hydrogen) atoms. The molecule has 0 bridgehead atoms. The number of benzene rings is 1. The summed E-state index contributed by atoms with van der Waals surface area (Å²) in [6.45, 7) is 4.04. The monoisotopic (exact) mass is 323 g/mol. The lowest BCUT2D eigenvalue weighted by Crippen LogP contribution is -2.07. The molecule has 0 N–H and O–H groups in total. The Bertz CT molecular complexity index is 622. The number of esters is 1. The molecule has 1 aromatic carbocycles. The van der Waals surface area contributed by atoms with Crippen LogP contribution >= 0.6 is 15.9 Å². The molecule has 0 aliphatic rings. The molecule has 0 atom stereocenters. The predicted molar refractivity (Wildman–Crippen MR) is 74.8 cm³/mol. The lowest BCUT2D eigenvalue weighted by atomic mass is 10.1. The molecular weight excluding hydrogens is 310 g/mol. The van der Waals surface area contributed by atoms with Crippen molar-refractivity contribution in [3.63, 3.8) is 0 Å². The van der Waals surface area contributed by atoms with Crippen LogP contribution in [0.25, 0.3) is 11.4 Å². The van der Waals surface area contributed by atoms with Gasteiger partial charge in [0.05, 0.1) is 6.61 Å². The van der Waals surface area contributed by atoms with E-state index in [0.29, 0.717) is 12.4 Å². The molecule has 0 spiro atoms. The van der Waals surface area contributed by atoms with Crippen molar-refractivity contribution in [3.05, 3.63) is 34.1 Å². The largest absolute Gasteiger partial charge is 0.460 e. The van der Waals surface area contributed by atoms with Crippen LogP contribution in [-0.4, -0.2) is 27.3 Å². The van der Waals surface area contributed by atoms with Crippen molar-refractivity contribution in [2.45, 2.75) is 13.8 Å². The van der Waals surface area contributed by atoms with E-state index >= 15 is 0 Å². The molecule has 0 aliphatic carbocycles. The van der Waals surface area contributed by atoms with Gasteiger partial charge in [-0.2, -0.15) is 0 Å². The van der Waals surface area contributed by atoms with Crippen LogP contribution in [0.3, 0.4) is 0 Å². The van der Waals surface area contributed by atoms with Gasteiger partial charge in [0.25, 0.3) is 5.82 Å². The van der Waals surface area contributed by atoms with Crippen LogP contribution in [-0.2, 0) is 11.8 Å². The fourth-order valence-corrected chi connectivity index (χ4v) is 2.10. The van der Waals surface area contributed by atoms with Gasteiger partial charge in [0.2, 0.25) is 0 Å². The Labute approximate surface area is 119 Å². The quantitative estimate of drug-likeness (QED) is 0.815. The van der Waals surface area contributed by atoms with E-state index in [9.17, 15) is 4.79 Å². The lowest BCUT2D eigenvalue weighted by molar-refractivity contribution is 0.0512. The molecule has 0 saturated heterocycles. The Morgan fingerprint density at radius 2 is 2.21 bits per heavy atom. The third-order valence-electron chi connectivity index (χ3n) is 2.66. The van der Waals surface area contributed by atoms with Crippen LogP contribution in [0.1, 0.15) is 23.1 Å². The Morgan fingerprint density at radius 1 is 1.47 bits per heavy atom. The highest BCUT2D eigenvalue weighted by molar-refractivity contribution is 9.10. The number of hydrogen-bond donors (Lipinski definition) is 0. The minimum Gasteiger partial charge on any atom is -0.460 e. The second kappa shape index (κ2) is 5.52. The Morgan fingerprint density at radius 3 is 2.89 bits per heavy atom. The van der Waals surface area contributed by atoms with E-state index < -0.39 is 5.97 Å². The van der Waals surface area contributed by atoms with Crippen LogP contribution in [0, 0.1) is 6.92 Å². The van der Waals surface area contributed by atoms with E-state index in [4.69, 9.17) is 4.74 Å². The molecule has 5 nitrogen and oxygen atoms in total. The van der Waals surface area contributed by atoms with Gasteiger partial charge < -0.3 is 4.74 Å². The second-order valence-corrected chi connectivity index (χ2v) is 4.98. The predicted octanol–water partition coefficient (Wildman–Crippen LogP) is 2.73. The minimum absolute atomic E-state index is 0.0822. The SMILES string of the molecule is CCOC(=O)c1nc(-c2cc(Br)ccc2C)n(C)n1. The van der Waals surface area contributed by atoms with E-state index in [2.05, 4.69) is 26.0 Å². The molecule has 2 aromatic rings. The van der Waals surface area contributed by atoms with Gasteiger partial charge in [0, 0.05) is 17.1 Å². The van der Waals surface area contributed by atoms with Crippen molar-refractivity contribution in [2.24, 2.45) is 7.05 Å². The van der Waals surface area contributed by atoms with Crippen molar-refractivity contribution in [1.29, 1.82) is 0 Å². The van der Waals surface area contributed by atoms with Gasteiger partial charge in [-0.15, -0.1) is 5.10 Å². The van der Waals surface area contributed by atoms with E-state index in [0.717, 1.165) is 15.6 Å². The van der Waals surface area contributed by atoms with E-state index in [1.165, 1.54) is 0 Å². The standard InChI is InChI=1S/C13H14BrN3O2/c1-4-19-13(18)11-15-12(17(3)16-11)10-7-9(14)6-5-8(10)2/h5-7H,4H2,1-3H3. The molecule has 1 heterocycles. The number of ether oxygens (including phenoxy) is 1. The van der Waals surface area contributed by atoms with Crippen LogP contribution in [0.15, 0.2) is 22.7 Å². The van der Waals surface area contributed by atoms with Gasteiger partial charge in [-0.3, -0.25) is 0 Å². The first-order chi connectivity index (χ1) is 9.02. The van der Waals surface area contributed by atoms with Crippen LogP contribution < -0.4 is 0 Å². The fraction of sp³-hybridized carbons (Fsp3) is 0.308. The molecule has 0 unspecified atom stereocenters. The van der Waals surface area contributed by atoms with Gasteiger partial charge in [-0.05, 0) is 31.5 Å². The number of nitrogens with zero attached hydrogens (tertiary/aromatic N) is 3. The van der Waals surface area contributed by atoms with Crippen LogP contribution in [0.2, 0.25) is 0 Å². The van der Waals surface area contributed by atoms with Crippen molar-refractivity contribution in [2.75, 3.05) is 6.61 Å². The first-order valence-corrected chi connectivity index (χ1v) is 6.67. The summed E-state index contributed by atoms with van der Waals surface area (Å²) in [7, 11) is 1.76. The normalized spacial score (nSPS) is 10.5. The molecule has 0 saturated carbocycles. The Balaban J connectivity index is 2.46. The third kappa shape index (κ3) is 2.84. The summed E-state index contributed by atoms with van der Waals surface area (Å²) in [5, 5.41) is 4.09. The van der Waals surface area contributed by atoms with Crippen LogP contribution in [0.4, 0.5) is 0 Å². The number of halogens is 1. The molecule has 6 heteroatoms. The zero-order chi connectivity index (χ0) is 14.0. The fourth-order valence-electron chi connectivity index (χ4n) is 1.74. The second-order valence-electron chi connectivity index (χ2n) is 4.06. The van der Waals surface area contributed by atoms with Crippen molar-refractivity contribution >= 4 is 21.9 Å². The minimum atomic E-state index is -0.503. The van der Waals surface area contributed by atoms with E-state index in [-0.39, 0.29) is 5.82 Å². The zero-order valence-corrected chi connectivity index (χ0v) is 12.6. The Kier molecular flexibility index (Phi) is 3.99. The molecule has 0 fully saturated rings. The highest BCUT2D eigenvalue weighted by Gasteiger charge is 2.17. The van der Waals surface area contributed by atoms with E-state index in [1.54, 1.807) is 18.7 Å². The number of aryl methyl sites for hydroxylation is 2. The van der Waals surface area contributed by atoms with Crippen molar-refractivity contribution in [3.8, 4) is 11.4 Å². The summed E-state index contributed by atoms with van der Waals surface area (Å²) in [5.74, 6) is 0.220. The summed E-state index contributed by atoms with van der Waals surface area (Å²) < 4.78 is 7.44. The first kappa shape index (κ1) is 13.7. The highest BCUT2D eigenvalue weighted by Crippen LogP contribution is 2.25. The molecule has 0 radical (unpaired) electrons.